The Morgan fingerprint density at radius 1 is 1.00 bits per heavy atom. The van der Waals surface area contributed by atoms with E-state index in [-0.39, 0.29) is 5.56 Å². The van der Waals surface area contributed by atoms with E-state index in [0.717, 1.165) is 46.1 Å². The van der Waals surface area contributed by atoms with Crippen molar-refractivity contribution in [2.75, 3.05) is 6.61 Å². The molecule has 0 amide bonds. The van der Waals surface area contributed by atoms with Crippen molar-refractivity contribution in [3.05, 3.63) is 89.4 Å². The number of aromatic amines is 1. The highest BCUT2D eigenvalue weighted by Gasteiger charge is 2.09. The second-order valence-electron chi connectivity index (χ2n) is 7.02. The molecule has 0 aliphatic heterocycles. The number of aromatic nitrogens is 5. The number of pyridine rings is 1. The van der Waals surface area contributed by atoms with Gasteiger partial charge in [-0.3, -0.25) is 4.79 Å². The van der Waals surface area contributed by atoms with Crippen molar-refractivity contribution in [2.24, 2.45) is 0 Å². The first-order valence-corrected chi connectivity index (χ1v) is 9.76. The van der Waals surface area contributed by atoms with E-state index in [1.807, 2.05) is 42.7 Å². The van der Waals surface area contributed by atoms with Crippen LogP contribution in [0.2, 0.25) is 0 Å². The number of hydrogen-bond acceptors (Lipinski definition) is 5. The Morgan fingerprint density at radius 3 is 2.77 bits per heavy atom. The van der Waals surface area contributed by atoms with Crippen molar-refractivity contribution in [3.63, 3.8) is 0 Å². The zero-order chi connectivity index (χ0) is 20.3. The van der Waals surface area contributed by atoms with Gasteiger partial charge < -0.3 is 9.72 Å². The molecule has 148 valence electrons. The Bertz CT molecular complexity index is 1370. The first kappa shape index (κ1) is 18.1. The molecule has 0 fully saturated rings. The number of hydrogen-bond donors (Lipinski definition) is 1. The number of nitrogens with one attached hydrogen (secondary N) is 1. The van der Waals surface area contributed by atoms with Gasteiger partial charge in [-0.15, -0.1) is 0 Å². The van der Waals surface area contributed by atoms with Crippen molar-refractivity contribution in [1.29, 1.82) is 0 Å². The standard InChI is InChI=1S/C23H19N5O2/c29-22-10-7-17(13-24-22)18-8-9-21(20-6-2-1-5-19(18)20)30-11-3-4-16-12-25-23-26-15-27-28(23)14-16/h1-2,5-10,12-15H,3-4,11H2,(H,24,29). The number of rotatable bonds is 6. The van der Waals surface area contributed by atoms with Gasteiger partial charge in [0.2, 0.25) is 5.56 Å². The molecule has 1 N–H and O–H groups in total. The lowest BCUT2D eigenvalue weighted by molar-refractivity contribution is 0.314. The van der Waals surface area contributed by atoms with E-state index in [1.165, 1.54) is 6.33 Å². The number of nitrogens with zero attached hydrogens (tertiary/aromatic N) is 4. The van der Waals surface area contributed by atoms with Crippen LogP contribution in [0.1, 0.15) is 12.0 Å². The summed E-state index contributed by atoms with van der Waals surface area (Å²) in [4.78, 5) is 22.5. The zero-order valence-corrected chi connectivity index (χ0v) is 16.2. The monoisotopic (exact) mass is 397 g/mol. The number of H-pyrrole nitrogens is 1. The van der Waals surface area contributed by atoms with E-state index in [9.17, 15) is 4.79 Å². The summed E-state index contributed by atoms with van der Waals surface area (Å²) in [6.07, 6.45) is 8.72. The van der Waals surface area contributed by atoms with Gasteiger partial charge in [0.1, 0.15) is 12.1 Å². The van der Waals surface area contributed by atoms with E-state index < -0.39 is 0 Å². The molecule has 0 saturated heterocycles. The highest BCUT2D eigenvalue weighted by molar-refractivity contribution is 5.99. The fraction of sp³-hybridized carbons (Fsp3) is 0.130. The smallest absolute Gasteiger partial charge is 0.252 e. The van der Waals surface area contributed by atoms with Crippen molar-refractivity contribution in [1.82, 2.24) is 24.6 Å². The maximum Gasteiger partial charge on any atom is 0.252 e. The lowest BCUT2D eigenvalue weighted by atomic mass is 9.99. The van der Waals surface area contributed by atoms with E-state index in [1.54, 1.807) is 16.8 Å². The minimum Gasteiger partial charge on any atom is -0.493 e. The highest BCUT2D eigenvalue weighted by atomic mass is 16.5. The summed E-state index contributed by atoms with van der Waals surface area (Å²) < 4.78 is 7.79. The lowest BCUT2D eigenvalue weighted by Crippen LogP contribution is -2.02. The van der Waals surface area contributed by atoms with Crippen LogP contribution in [0, 0.1) is 0 Å². The third kappa shape index (κ3) is 3.53. The van der Waals surface area contributed by atoms with Crippen molar-refractivity contribution in [3.8, 4) is 16.9 Å². The first-order chi connectivity index (χ1) is 14.8. The molecule has 0 radical (unpaired) electrons. The summed E-state index contributed by atoms with van der Waals surface area (Å²) in [5.74, 6) is 1.45. The third-order valence-electron chi connectivity index (χ3n) is 5.03. The Kier molecular flexibility index (Phi) is 4.69. The second kappa shape index (κ2) is 7.79. The van der Waals surface area contributed by atoms with Gasteiger partial charge in [-0.1, -0.05) is 24.3 Å². The molecular formula is C23H19N5O2. The molecule has 0 aliphatic carbocycles. The molecule has 0 saturated carbocycles. The Morgan fingerprint density at radius 2 is 1.90 bits per heavy atom. The minimum absolute atomic E-state index is 0.110. The van der Waals surface area contributed by atoms with Crippen LogP contribution in [0.3, 0.4) is 0 Å². The van der Waals surface area contributed by atoms with Gasteiger partial charge >= 0.3 is 0 Å². The molecule has 0 spiro atoms. The van der Waals surface area contributed by atoms with E-state index >= 15 is 0 Å². The average molecular weight is 397 g/mol. The summed E-state index contributed by atoms with van der Waals surface area (Å²) in [6, 6.07) is 15.5. The second-order valence-corrected chi connectivity index (χ2v) is 7.02. The molecule has 2 aromatic carbocycles. The van der Waals surface area contributed by atoms with Crippen LogP contribution in [-0.2, 0) is 6.42 Å². The van der Waals surface area contributed by atoms with Crippen LogP contribution in [0.25, 0.3) is 27.7 Å². The number of aryl methyl sites for hydroxylation is 1. The van der Waals surface area contributed by atoms with Gasteiger partial charge in [-0.25, -0.2) is 9.50 Å². The van der Waals surface area contributed by atoms with Crippen LogP contribution in [0.4, 0.5) is 0 Å². The molecule has 30 heavy (non-hydrogen) atoms. The van der Waals surface area contributed by atoms with Crippen LogP contribution in [0.5, 0.6) is 5.75 Å². The van der Waals surface area contributed by atoms with Crippen LogP contribution >= 0.6 is 0 Å². The molecule has 3 aromatic heterocycles. The predicted octanol–water partition coefficient (Wildman–Crippen LogP) is 3.64. The number of benzene rings is 2. The molecule has 0 aliphatic rings. The van der Waals surface area contributed by atoms with Gasteiger partial charge in [-0.2, -0.15) is 10.1 Å². The summed E-state index contributed by atoms with van der Waals surface area (Å²) >= 11 is 0. The molecule has 0 bridgehead atoms. The third-order valence-corrected chi connectivity index (χ3v) is 5.03. The van der Waals surface area contributed by atoms with Crippen molar-refractivity contribution >= 4 is 16.6 Å². The Balaban J connectivity index is 1.32. The zero-order valence-electron chi connectivity index (χ0n) is 16.2. The highest BCUT2D eigenvalue weighted by Crippen LogP contribution is 2.34. The lowest BCUT2D eigenvalue weighted by Gasteiger charge is -2.13. The number of ether oxygens (including phenoxy) is 1. The molecule has 0 unspecified atom stereocenters. The maximum absolute atomic E-state index is 11.4. The van der Waals surface area contributed by atoms with Gasteiger partial charge in [-0.05, 0) is 53.1 Å². The molecular weight excluding hydrogens is 378 g/mol. The van der Waals surface area contributed by atoms with Gasteiger partial charge in [0.15, 0.2) is 0 Å². The summed E-state index contributed by atoms with van der Waals surface area (Å²) in [5.41, 5.74) is 3.01. The topological polar surface area (TPSA) is 85.2 Å². The Hall–Kier alpha value is -4.00. The van der Waals surface area contributed by atoms with E-state index in [4.69, 9.17) is 4.74 Å². The summed E-state index contributed by atoms with van der Waals surface area (Å²) in [6.45, 7) is 0.595. The number of fused-ring (bicyclic) bond motifs is 2. The van der Waals surface area contributed by atoms with Crippen LogP contribution in [0.15, 0.2) is 78.2 Å². The van der Waals surface area contributed by atoms with Gasteiger partial charge in [0.05, 0.1) is 6.61 Å². The van der Waals surface area contributed by atoms with Crippen molar-refractivity contribution < 1.29 is 4.74 Å². The maximum atomic E-state index is 11.4. The molecule has 5 aromatic rings. The van der Waals surface area contributed by atoms with Crippen molar-refractivity contribution in [2.45, 2.75) is 12.8 Å². The predicted molar refractivity (Wildman–Crippen MR) is 115 cm³/mol. The molecule has 0 atom stereocenters. The molecule has 5 rings (SSSR count). The SMILES string of the molecule is O=c1ccc(-c2ccc(OCCCc3cnc4ncnn4c3)c3ccccc23)c[nH]1. The van der Waals surface area contributed by atoms with Gasteiger partial charge in [0.25, 0.3) is 5.78 Å². The quantitative estimate of drug-likeness (QED) is 0.442. The molecule has 7 heteroatoms. The fourth-order valence-corrected chi connectivity index (χ4v) is 3.57. The summed E-state index contributed by atoms with van der Waals surface area (Å²) in [7, 11) is 0. The fourth-order valence-electron chi connectivity index (χ4n) is 3.57. The summed E-state index contributed by atoms with van der Waals surface area (Å²) in [5, 5.41) is 6.25. The van der Waals surface area contributed by atoms with E-state index in [0.29, 0.717) is 12.4 Å². The van der Waals surface area contributed by atoms with E-state index in [2.05, 4.69) is 32.2 Å². The normalized spacial score (nSPS) is 11.2. The van der Waals surface area contributed by atoms with Crippen LogP contribution < -0.4 is 10.3 Å². The average Bonchev–Trinajstić information content (AvgIpc) is 3.25. The largest absolute Gasteiger partial charge is 0.493 e. The van der Waals surface area contributed by atoms with Crippen LogP contribution in [-0.4, -0.2) is 31.2 Å². The van der Waals surface area contributed by atoms with Gasteiger partial charge in [0, 0.05) is 30.0 Å². The molecule has 7 nitrogen and oxygen atoms in total. The Labute approximate surface area is 172 Å². The minimum atomic E-state index is -0.110. The first-order valence-electron chi connectivity index (χ1n) is 9.76. The molecule has 3 heterocycles.